The second-order valence-electron chi connectivity index (χ2n) is 27.4. The van der Waals surface area contributed by atoms with Gasteiger partial charge in [-0.25, -0.2) is 0 Å². The maximum absolute atomic E-state index is 13.8. The van der Waals surface area contributed by atoms with Crippen molar-refractivity contribution in [2.45, 2.75) is 98.4 Å². The van der Waals surface area contributed by atoms with Gasteiger partial charge in [0.2, 0.25) is 0 Å². The monoisotopic (exact) mass is 1410 g/mol. The highest BCUT2D eigenvalue weighted by Gasteiger charge is 2.33. The fourth-order valence-corrected chi connectivity index (χ4v) is 15.4. The highest BCUT2D eigenvalue weighted by atomic mass is 35.5. The Morgan fingerprint density at radius 1 is 0.385 bits per heavy atom. The predicted octanol–water partition coefficient (Wildman–Crippen LogP) is 16.0. The number of rotatable bonds is 16. The third-order valence-electron chi connectivity index (χ3n) is 20.4. The second kappa shape index (κ2) is 28.0. The summed E-state index contributed by atoms with van der Waals surface area (Å²) in [6.45, 7) is 8.90. The molecule has 0 saturated heterocycles. The van der Waals surface area contributed by atoms with Crippen LogP contribution in [-0.2, 0) is 38.5 Å². The number of phenolic OH excluding ortho intramolecular Hbond substituents is 12. The molecule has 0 aliphatic heterocycles. The molecule has 0 radical (unpaired) electrons. The minimum atomic E-state index is -0.671. The van der Waals surface area contributed by atoms with Gasteiger partial charge in [-0.15, -0.1) is 0 Å². The zero-order valence-electron chi connectivity index (χ0n) is 57.5. The summed E-state index contributed by atoms with van der Waals surface area (Å²) >= 11 is 5.96. The number of carbonyl (C=O) groups is 4. The number of aryl methyl sites for hydroxylation is 6. The molecule has 2 aliphatic rings. The van der Waals surface area contributed by atoms with Crippen molar-refractivity contribution >= 4 is 78.1 Å². The van der Waals surface area contributed by atoms with Crippen LogP contribution in [0.15, 0.2) is 146 Å². The summed E-state index contributed by atoms with van der Waals surface area (Å²) in [5.74, 6) is -8.30. The molecule has 0 saturated carbocycles. The van der Waals surface area contributed by atoms with E-state index in [4.69, 9.17) is 11.6 Å². The lowest BCUT2D eigenvalue weighted by Gasteiger charge is -2.21. The highest BCUT2D eigenvalue weighted by Crippen LogP contribution is 2.54. The van der Waals surface area contributed by atoms with Crippen molar-refractivity contribution in [1.82, 2.24) is 10.6 Å². The molecule has 19 heteroatoms. The summed E-state index contributed by atoms with van der Waals surface area (Å²) in [4.78, 5) is 54.5. The van der Waals surface area contributed by atoms with E-state index in [9.17, 15) is 80.5 Å². The third-order valence-corrected chi connectivity index (χ3v) is 20.6. The Bertz CT molecular complexity index is 5200. The Balaban J connectivity index is 0.000000185. The van der Waals surface area contributed by atoms with Crippen LogP contribution in [0.4, 0.5) is 0 Å². The molecule has 0 unspecified atom stereocenters. The molecule has 0 spiro atoms. The summed E-state index contributed by atoms with van der Waals surface area (Å²) in [7, 11) is 0. The number of hydrogen-bond donors (Lipinski definition) is 14. The lowest BCUT2D eigenvalue weighted by Crippen LogP contribution is -2.35. The average molecular weight is 1420 g/mol. The molecule has 528 valence electrons. The molecule has 0 heterocycles. The molecule has 12 aromatic carbocycles. The molecule has 0 aromatic heterocycles. The van der Waals surface area contributed by atoms with Crippen molar-refractivity contribution < 1.29 is 80.5 Å². The summed E-state index contributed by atoms with van der Waals surface area (Å²) in [5, 5.41) is 141. The van der Waals surface area contributed by atoms with Gasteiger partial charge in [-0.1, -0.05) is 102 Å². The van der Waals surface area contributed by atoms with E-state index in [-0.39, 0.29) is 148 Å². The largest absolute Gasteiger partial charge is 0.507 e. The fourth-order valence-electron chi connectivity index (χ4n) is 15.3. The Morgan fingerprint density at radius 3 is 1.14 bits per heavy atom. The molecule has 104 heavy (non-hydrogen) atoms. The highest BCUT2D eigenvalue weighted by molar-refractivity contribution is 6.30. The maximum atomic E-state index is 13.8. The van der Waals surface area contributed by atoms with Crippen molar-refractivity contribution in [2.75, 3.05) is 6.54 Å². The zero-order chi connectivity index (χ0) is 74.0. The number of ketones is 2. The first-order valence-electron chi connectivity index (χ1n) is 34.1. The van der Waals surface area contributed by atoms with Gasteiger partial charge in [-0.2, -0.15) is 0 Å². The van der Waals surface area contributed by atoms with E-state index in [2.05, 4.69) is 10.6 Å². The van der Waals surface area contributed by atoms with Gasteiger partial charge in [0.1, 0.15) is 23.0 Å². The number of Topliss-reactive ketones (excluding diaryl/α,β-unsaturated/α-hetero) is 2. The molecule has 2 amide bonds. The van der Waals surface area contributed by atoms with Crippen LogP contribution in [0, 0.1) is 40.5 Å². The van der Waals surface area contributed by atoms with E-state index >= 15 is 0 Å². The van der Waals surface area contributed by atoms with Crippen LogP contribution in [0.25, 0.3) is 65.3 Å². The number of aromatic hydroxyl groups is 12. The van der Waals surface area contributed by atoms with Gasteiger partial charge in [-0.3, -0.25) is 19.2 Å². The van der Waals surface area contributed by atoms with Gasteiger partial charge in [-0.05, 0) is 202 Å². The van der Waals surface area contributed by atoms with Gasteiger partial charge in [0.25, 0.3) is 11.8 Å². The van der Waals surface area contributed by atoms with E-state index in [0.717, 1.165) is 52.8 Å². The summed E-state index contributed by atoms with van der Waals surface area (Å²) in [6, 6.07) is 41.9. The van der Waals surface area contributed by atoms with E-state index in [1.54, 1.807) is 64.1 Å². The number of hydrogen-bond acceptors (Lipinski definition) is 16. The first-order chi connectivity index (χ1) is 49.7. The number of halogens is 1. The minimum Gasteiger partial charge on any atom is -0.507 e. The van der Waals surface area contributed by atoms with Crippen molar-refractivity contribution in [3.8, 4) is 91.2 Å². The average Bonchev–Trinajstić information content (AvgIpc) is 0.847. The number of amides is 2. The van der Waals surface area contributed by atoms with Crippen LogP contribution in [0.5, 0.6) is 69.0 Å². The van der Waals surface area contributed by atoms with E-state index in [1.807, 2.05) is 91.9 Å². The molecule has 14 N–H and O–H groups in total. The van der Waals surface area contributed by atoms with Crippen molar-refractivity contribution in [1.29, 1.82) is 0 Å². The van der Waals surface area contributed by atoms with Crippen LogP contribution in [-0.4, -0.2) is 97.2 Å². The van der Waals surface area contributed by atoms with Crippen molar-refractivity contribution in [3.05, 3.63) is 234 Å². The van der Waals surface area contributed by atoms with Crippen LogP contribution in [0.3, 0.4) is 0 Å². The first-order valence-corrected chi connectivity index (χ1v) is 34.5. The number of fused-ring (bicyclic) bond motifs is 6. The second-order valence-corrected chi connectivity index (χ2v) is 27.9. The number of carbonyl (C=O) groups excluding carboxylic acids is 4. The van der Waals surface area contributed by atoms with Crippen molar-refractivity contribution in [3.63, 3.8) is 0 Å². The Hall–Kier alpha value is -12.2. The molecule has 0 bridgehead atoms. The lowest BCUT2D eigenvalue weighted by molar-refractivity contribution is 0.0932. The zero-order valence-corrected chi connectivity index (χ0v) is 58.2. The Morgan fingerprint density at radius 2 is 0.731 bits per heavy atom. The van der Waals surface area contributed by atoms with E-state index < -0.39 is 63.6 Å². The van der Waals surface area contributed by atoms with Crippen molar-refractivity contribution in [2.24, 2.45) is 5.92 Å². The first kappa shape index (κ1) is 70.3. The SMILES string of the molecule is Cc1cc2c(C(=O)CC3Cc4ccccc4C3)c(O)c(O)cc2c(O)c1-c1c(C)cc2c(C(=O)NC3Cc4ccccc4C3)c(O)c(O)cc2c1O.Cc1ccc(CCCC(=O)c2c(O)c(O)cc3c(O)c(-c4c(C)cc5c(C(=O)NCCc6ccc(Cl)cc6)c(O)c(O)cc5c4O)c(C)cc23)cc1. The number of benzene rings is 12. The molecule has 18 nitrogen and oxygen atoms in total. The standard InChI is InChI=1S/C43H37NO8.C42H38ClNO8/c1-20-11-28-30(18-33(46)41(50)37(28)32(45)15-22-13-23-7-3-4-8-24(23)14-22)39(48)35(20)36-21(2)12-29-31(40(36)49)19-34(47)42(51)38(29)43(52)44-27-16-25-9-5-6-10-26(25)17-27;1-21-7-9-24(10-8-21)5-4-6-31(45)36-27-17-22(2)34(38(48)29(27)19-32(46)40(36)50)35-23(3)18-28-30(39(35)49)20-33(47)41(51)37(28)42(52)44-16-15-25-11-13-26(43)14-12-25/h3-12,18-19,22,27,46-51H,13-17H2,1-2H3,(H,44,52);7-14,17-20,46-51H,4-6,15-16H2,1-3H3,(H,44,52). The molecule has 12 aromatic rings. The minimum absolute atomic E-state index is 0.0187. The molecule has 0 fully saturated rings. The summed E-state index contributed by atoms with van der Waals surface area (Å²) < 4.78 is 0. The maximum Gasteiger partial charge on any atom is 0.256 e. The molecule has 2 aliphatic carbocycles. The molecular weight excluding hydrogens is 1340 g/mol. The molecule has 0 atom stereocenters. The van der Waals surface area contributed by atoms with Gasteiger partial charge in [0.15, 0.2) is 57.6 Å². The third kappa shape index (κ3) is 13.0. The smallest absolute Gasteiger partial charge is 0.256 e. The van der Waals surface area contributed by atoms with Gasteiger partial charge < -0.3 is 71.9 Å². The number of nitrogens with one attached hydrogen (secondary N) is 2. The van der Waals surface area contributed by atoms with E-state index in [1.165, 1.54) is 23.3 Å². The molecule has 14 rings (SSSR count). The lowest BCUT2D eigenvalue weighted by atomic mass is 9.86. The van der Waals surface area contributed by atoms with Gasteiger partial charge in [0.05, 0.1) is 22.3 Å². The Labute approximate surface area is 602 Å². The van der Waals surface area contributed by atoms with E-state index in [0.29, 0.717) is 59.4 Å². The fraction of sp³-hybridized carbons (Fsp3) is 0.200. The molecular formula is C85H75ClN2O16. The van der Waals surface area contributed by atoms with Crippen LogP contribution in [0.2, 0.25) is 5.02 Å². The van der Waals surface area contributed by atoms with Gasteiger partial charge in [0, 0.05) is 95.8 Å². The van der Waals surface area contributed by atoms with Crippen LogP contribution >= 0.6 is 11.6 Å². The predicted molar refractivity (Wildman–Crippen MR) is 400 cm³/mol. The van der Waals surface area contributed by atoms with Gasteiger partial charge >= 0.3 is 0 Å². The quantitative estimate of drug-likeness (QED) is 0.0316. The Kier molecular flexibility index (Phi) is 18.9. The normalized spacial score (nSPS) is 12.8. The van der Waals surface area contributed by atoms with Crippen LogP contribution in [0.1, 0.15) is 122 Å². The topological polar surface area (TPSA) is 335 Å². The summed E-state index contributed by atoms with van der Waals surface area (Å²) in [5.41, 5.74) is 9.60. The van der Waals surface area contributed by atoms with Crippen LogP contribution < -0.4 is 10.6 Å². The number of phenols is 12. The summed E-state index contributed by atoms with van der Waals surface area (Å²) in [6.07, 6.45) is 4.50.